The van der Waals surface area contributed by atoms with Crippen LogP contribution in [0.4, 0.5) is 10.6 Å². The van der Waals surface area contributed by atoms with Crippen LogP contribution in [0.3, 0.4) is 0 Å². The second-order valence-corrected chi connectivity index (χ2v) is 7.05. The van der Waals surface area contributed by atoms with E-state index < -0.39 is 5.60 Å². The van der Waals surface area contributed by atoms with Crippen LogP contribution in [0.5, 0.6) is 0 Å². The highest BCUT2D eigenvalue weighted by molar-refractivity contribution is 5.69. The molecule has 1 aromatic heterocycles. The van der Waals surface area contributed by atoms with Crippen molar-refractivity contribution in [2.24, 2.45) is 0 Å². The minimum absolute atomic E-state index is 0.0780. The molecule has 1 atom stereocenters. The van der Waals surface area contributed by atoms with Crippen molar-refractivity contribution in [3.63, 3.8) is 0 Å². The molecule has 0 spiro atoms. The number of nitrogens with zero attached hydrogens (tertiary/aromatic N) is 3. The number of hydrogen-bond donors (Lipinski definition) is 2. The Morgan fingerprint density at radius 1 is 1.43 bits per heavy atom. The van der Waals surface area contributed by atoms with E-state index in [2.05, 4.69) is 20.6 Å². The van der Waals surface area contributed by atoms with Crippen LogP contribution in [0.1, 0.15) is 44.9 Å². The van der Waals surface area contributed by atoms with Gasteiger partial charge in [-0.15, -0.1) is 0 Å². The van der Waals surface area contributed by atoms with Gasteiger partial charge in [0.25, 0.3) is 0 Å². The summed E-state index contributed by atoms with van der Waals surface area (Å²) in [5, 5.41) is 6.77. The molecular weight excluding hydrogens is 294 g/mol. The lowest BCUT2D eigenvalue weighted by atomic mass is 10.1. The summed E-state index contributed by atoms with van der Waals surface area (Å²) in [6, 6.07) is 0. The maximum Gasteiger partial charge on any atom is 0.411 e. The lowest BCUT2D eigenvalue weighted by molar-refractivity contribution is 0.0244. The zero-order valence-corrected chi connectivity index (χ0v) is 14.1. The molecule has 0 bridgehead atoms. The quantitative estimate of drug-likeness (QED) is 0.866. The standard InChI is InChI=1S/C16H25N5O2/c1-16(2,3)23-15(22)21-8-4-5-13(21)20-14-11-9-17-7-6-12(11)18-10-19-14/h10,13,17H,4-9H2,1-3H3,(H,18,19,20)/t13-/m0/s1. The normalized spacial score (nSPS) is 21.0. The van der Waals surface area contributed by atoms with Crippen LogP contribution in [0.2, 0.25) is 0 Å². The van der Waals surface area contributed by atoms with E-state index in [1.54, 1.807) is 11.2 Å². The van der Waals surface area contributed by atoms with Crippen molar-refractivity contribution in [1.29, 1.82) is 0 Å². The SMILES string of the molecule is CC(C)(C)OC(=O)N1CCC[C@H]1Nc1ncnc2c1CNCC2. The second kappa shape index (κ2) is 6.31. The van der Waals surface area contributed by atoms with E-state index in [9.17, 15) is 4.79 Å². The third-order valence-corrected chi connectivity index (χ3v) is 4.06. The first-order valence-corrected chi connectivity index (χ1v) is 8.24. The number of amides is 1. The van der Waals surface area contributed by atoms with Gasteiger partial charge in [0.05, 0.1) is 5.69 Å². The number of carbonyl (C=O) groups excluding carboxylic acids is 1. The number of ether oxygens (including phenoxy) is 1. The first-order valence-electron chi connectivity index (χ1n) is 8.24. The minimum Gasteiger partial charge on any atom is -0.444 e. The molecule has 0 radical (unpaired) electrons. The van der Waals surface area contributed by atoms with Crippen molar-refractivity contribution in [2.75, 3.05) is 18.4 Å². The number of nitrogens with one attached hydrogen (secondary N) is 2. The van der Waals surface area contributed by atoms with Gasteiger partial charge in [0.2, 0.25) is 0 Å². The molecule has 1 amide bonds. The van der Waals surface area contributed by atoms with Crippen molar-refractivity contribution in [2.45, 2.75) is 58.3 Å². The second-order valence-electron chi connectivity index (χ2n) is 7.05. The Kier molecular flexibility index (Phi) is 4.39. The van der Waals surface area contributed by atoms with E-state index in [4.69, 9.17) is 4.74 Å². The molecule has 7 heteroatoms. The molecular formula is C16H25N5O2. The lowest BCUT2D eigenvalue weighted by Crippen LogP contribution is -2.43. The van der Waals surface area contributed by atoms with E-state index in [0.29, 0.717) is 6.54 Å². The highest BCUT2D eigenvalue weighted by Crippen LogP contribution is 2.25. The molecule has 0 aliphatic carbocycles. The molecule has 0 aromatic carbocycles. The molecule has 1 fully saturated rings. The predicted octanol–water partition coefficient (Wildman–Crippen LogP) is 1.89. The Morgan fingerprint density at radius 2 is 2.26 bits per heavy atom. The van der Waals surface area contributed by atoms with Gasteiger partial charge in [-0.1, -0.05) is 0 Å². The summed E-state index contributed by atoms with van der Waals surface area (Å²) in [5.41, 5.74) is 1.71. The van der Waals surface area contributed by atoms with Gasteiger partial charge in [-0.25, -0.2) is 14.8 Å². The van der Waals surface area contributed by atoms with Gasteiger partial charge in [-0.05, 0) is 33.6 Å². The smallest absolute Gasteiger partial charge is 0.411 e. The first kappa shape index (κ1) is 16.0. The summed E-state index contributed by atoms with van der Waals surface area (Å²) in [4.78, 5) is 22.9. The summed E-state index contributed by atoms with van der Waals surface area (Å²) in [6.07, 6.45) is 4.01. The number of anilines is 1. The van der Waals surface area contributed by atoms with E-state index in [0.717, 1.165) is 49.4 Å². The third kappa shape index (κ3) is 3.72. The molecule has 2 aliphatic heterocycles. The van der Waals surface area contributed by atoms with E-state index in [1.807, 2.05) is 20.8 Å². The average molecular weight is 319 g/mol. The van der Waals surface area contributed by atoms with Crippen LogP contribution >= 0.6 is 0 Å². The molecule has 0 unspecified atom stereocenters. The Labute approximate surface area is 136 Å². The monoisotopic (exact) mass is 319 g/mol. The molecule has 23 heavy (non-hydrogen) atoms. The highest BCUT2D eigenvalue weighted by Gasteiger charge is 2.33. The largest absolute Gasteiger partial charge is 0.444 e. The van der Waals surface area contributed by atoms with Crippen molar-refractivity contribution in [3.8, 4) is 0 Å². The Balaban J connectivity index is 1.73. The van der Waals surface area contributed by atoms with Crippen LogP contribution < -0.4 is 10.6 Å². The van der Waals surface area contributed by atoms with Crippen LogP contribution in [0.25, 0.3) is 0 Å². The summed E-state index contributed by atoms with van der Waals surface area (Å²) in [6.45, 7) is 8.06. The molecule has 1 saturated heterocycles. The van der Waals surface area contributed by atoms with E-state index in [1.165, 1.54) is 0 Å². The number of likely N-dealkylation sites (tertiary alicyclic amines) is 1. The van der Waals surface area contributed by atoms with Gasteiger partial charge in [0.1, 0.15) is 23.9 Å². The molecule has 2 aliphatic rings. The molecule has 1 aromatic rings. The summed E-state index contributed by atoms with van der Waals surface area (Å²) >= 11 is 0. The number of rotatable bonds is 2. The van der Waals surface area contributed by atoms with Crippen molar-refractivity contribution in [3.05, 3.63) is 17.6 Å². The van der Waals surface area contributed by atoms with Crippen molar-refractivity contribution >= 4 is 11.9 Å². The van der Waals surface area contributed by atoms with Crippen LogP contribution in [0, 0.1) is 0 Å². The molecule has 0 saturated carbocycles. The van der Waals surface area contributed by atoms with Gasteiger partial charge < -0.3 is 15.4 Å². The van der Waals surface area contributed by atoms with Crippen LogP contribution in [-0.2, 0) is 17.7 Å². The Hall–Kier alpha value is -1.89. The maximum atomic E-state index is 12.4. The summed E-state index contributed by atoms with van der Waals surface area (Å²) in [7, 11) is 0. The molecule has 2 N–H and O–H groups in total. The van der Waals surface area contributed by atoms with Gasteiger partial charge in [-0.2, -0.15) is 0 Å². The van der Waals surface area contributed by atoms with Gasteiger partial charge in [0.15, 0.2) is 0 Å². The third-order valence-electron chi connectivity index (χ3n) is 4.06. The number of aromatic nitrogens is 2. The highest BCUT2D eigenvalue weighted by atomic mass is 16.6. The molecule has 7 nitrogen and oxygen atoms in total. The summed E-state index contributed by atoms with van der Waals surface area (Å²) in [5.74, 6) is 0.822. The van der Waals surface area contributed by atoms with E-state index in [-0.39, 0.29) is 12.3 Å². The average Bonchev–Trinajstić information content (AvgIpc) is 2.94. The fourth-order valence-electron chi connectivity index (χ4n) is 3.01. The maximum absolute atomic E-state index is 12.4. The molecule has 126 valence electrons. The van der Waals surface area contributed by atoms with Crippen LogP contribution in [-0.4, -0.2) is 45.8 Å². The lowest BCUT2D eigenvalue weighted by Gasteiger charge is -2.30. The summed E-state index contributed by atoms with van der Waals surface area (Å²) < 4.78 is 5.50. The van der Waals surface area contributed by atoms with Gasteiger partial charge in [-0.3, -0.25) is 4.90 Å². The number of hydrogen-bond acceptors (Lipinski definition) is 6. The fourth-order valence-corrected chi connectivity index (χ4v) is 3.01. The van der Waals surface area contributed by atoms with Crippen LogP contribution in [0.15, 0.2) is 6.33 Å². The fraction of sp³-hybridized carbons (Fsp3) is 0.688. The Bertz CT molecular complexity index is 584. The van der Waals surface area contributed by atoms with Gasteiger partial charge in [0, 0.05) is 31.6 Å². The zero-order chi connectivity index (χ0) is 16.4. The Morgan fingerprint density at radius 3 is 3.04 bits per heavy atom. The predicted molar refractivity (Wildman–Crippen MR) is 87.0 cm³/mol. The van der Waals surface area contributed by atoms with E-state index >= 15 is 0 Å². The van der Waals surface area contributed by atoms with Crippen molar-refractivity contribution < 1.29 is 9.53 Å². The molecule has 3 heterocycles. The van der Waals surface area contributed by atoms with Gasteiger partial charge >= 0.3 is 6.09 Å². The topological polar surface area (TPSA) is 79.4 Å². The zero-order valence-electron chi connectivity index (χ0n) is 14.1. The first-order chi connectivity index (χ1) is 10.9. The number of fused-ring (bicyclic) bond motifs is 1. The molecule has 3 rings (SSSR count). The van der Waals surface area contributed by atoms with Crippen molar-refractivity contribution in [1.82, 2.24) is 20.2 Å². The minimum atomic E-state index is -0.484. The number of carbonyl (C=O) groups is 1.